The van der Waals surface area contributed by atoms with Gasteiger partial charge in [0.2, 0.25) is 0 Å². The van der Waals surface area contributed by atoms with E-state index in [1.807, 2.05) is 13.2 Å². The highest BCUT2D eigenvalue weighted by Gasteiger charge is 2.17. The molecule has 0 aliphatic carbocycles. The molecule has 0 atom stereocenters. The van der Waals surface area contributed by atoms with Gasteiger partial charge in [-0.15, -0.1) is 5.10 Å². The number of aryl methyl sites for hydroxylation is 1. The van der Waals surface area contributed by atoms with Crippen molar-refractivity contribution in [2.75, 3.05) is 6.61 Å². The molecule has 0 radical (unpaired) electrons. The summed E-state index contributed by atoms with van der Waals surface area (Å²) in [6.45, 7) is 5.94. The Balaban J connectivity index is 2.13. The van der Waals surface area contributed by atoms with E-state index in [1.54, 1.807) is 22.5 Å². The predicted octanol–water partition coefficient (Wildman–Crippen LogP) is 0.711. The van der Waals surface area contributed by atoms with Gasteiger partial charge in [-0.25, -0.2) is 9.48 Å². The first kappa shape index (κ1) is 13.0. The number of rotatable bonds is 5. The summed E-state index contributed by atoms with van der Waals surface area (Å²) in [6.07, 6.45) is 5.14. The van der Waals surface area contributed by atoms with E-state index in [0.29, 0.717) is 12.2 Å². The van der Waals surface area contributed by atoms with E-state index in [2.05, 4.69) is 22.0 Å². The van der Waals surface area contributed by atoms with Gasteiger partial charge in [0.1, 0.15) is 6.61 Å². The second-order valence-corrected chi connectivity index (χ2v) is 4.09. The van der Waals surface area contributed by atoms with Crippen molar-refractivity contribution >= 4 is 5.97 Å². The second-order valence-electron chi connectivity index (χ2n) is 4.09. The molecule has 0 unspecified atom stereocenters. The third kappa shape index (κ3) is 2.87. The van der Waals surface area contributed by atoms with Crippen molar-refractivity contribution in [1.29, 1.82) is 0 Å². The van der Waals surface area contributed by atoms with Crippen LogP contribution in [-0.4, -0.2) is 37.4 Å². The number of hydrogen-bond acceptors (Lipinski definition) is 5. The summed E-state index contributed by atoms with van der Waals surface area (Å²) >= 11 is 0. The van der Waals surface area contributed by atoms with Gasteiger partial charge in [0.15, 0.2) is 5.69 Å². The third-order valence-electron chi connectivity index (χ3n) is 2.60. The molecule has 0 fully saturated rings. The SMILES string of the molecule is C=CCOC(=O)c1nnn(Cc2cnn(C)c2)c1C. The van der Waals surface area contributed by atoms with Crippen LogP contribution in [0, 0.1) is 6.92 Å². The molecule has 0 amide bonds. The van der Waals surface area contributed by atoms with Crippen LogP contribution in [0.1, 0.15) is 21.7 Å². The van der Waals surface area contributed by atoms with E-state index >= 15 is 0 Å². The van der Waals surface area contributed by atoms with Gasteiger partial charge in [0.05, 0.1) is 18.4 Å². The molecule has 0 aliphatic heterocycles. The Morgan fingerprint density at radius 3 is 3.00 bits per heavy atom. The smallest absolute Gasteiger partial charge is 0.361 e. The van der Waals surface area contributed by atoms with E-state index in [-0.39, 0.29) is 12.3 Å². The van der Waals surface area contributed by atoms with Gasteiger partial charge in [0, 0.05) is 18.8 Å². The molecule has 0 spiro atoms. The summed E-state index contributed by atoms with van der Waals surface area (Å²) in [6, 6.07) is 0. The second kappa shape index (κ2) is 5.47. The molecule has 2 aromatic heterocycles. The van der Waals surface area contributed by atoms with E-state index in [1.165, 1.54) is 6.08 Å². The number of carbonyl (C=O) groups is 1. The topological polar surface area (TPSA) is 74.8 Å². The maximum Gasteiger partial charge on any atom is 0.361 e. The molecule has 0 N–H and O–H groups in total. The zero-order valence-corrected chi connectivity index (χ0v) is 10.9. The van der Waals surface area contributed by atoms with Crippen LogP contribution in [0.2, 0.25) is 0 Å². The standard InChI is InChI=1S/C12H15N5O2/c1-4-5-19-12(18)11-9(2)17(15-14-11)8-10-6-13-16(3)7-10/h4,6-7H,1,5,8H2,2-3H3. The van der Waals surface area contributed by atoms with E-state index in [9.17, 15) is 4.79 Å². The Kier molecular flexibility index (Phi) is 3.74. The van der Waals surface area contributed by atoms with Crippen molar-refractivity contribution in [3.63, 3.8) is 0 Å². The van der Waals surface area contributed by atoms with Crippen LogP contribution >= 0.6 is 0 Å². The molecule has 2 rings (SSSR count). The molecule has 19 heavy (non-hydrogen) atoms. The first-order valence-corrected chi connectivity index (χ1v) is 5.77. The first-order chi connectivity index (χ1) is 9.11. The summed E-state index contributed by atoms with van der Waals surface area (Å²) in [7, 11) is 1.84. The van der Waals surface area contributed by atoms with Crippen molar-refractivity contribution in [3.8, 4) is 0 Å². The molecule has 0 saturated heterocycles. The zero-order valence-electron chi connectivity index (χ0n) is 10.9. The quantitative estimate of drug-likeness (QED) is 0.585. The number of carbonyl (C=O) groups excluding carboxylic acids is 1. The molecule has 0 saturated carbocycles. The van der Waals surface area contributed by atoms with Crippen LogP contribution in [0.25, 0.3) is 0 Å². The predicted molar refractivity (Wildman–Crippen MR) is 67.5 cm³/mol. The summed E-state index contributed by atoms with van der Waals surface area (Å²) in [4.78, 5) is 11.7. The van der Waals surface area contributed by atoms with E-state index < -0.39 is 5.97 Å². The molecule has 0 aliphatic rings. The van der Waals surface area contributed by atoms with Crippen LogP contribution in [-0.2, 0) is 18.3 Å². The minimum Gasteiger partial charge on any atom is -0.457 e. The molecule has 7 heteroatoms. The Morgan fingerprint density at radius 1 is 1.58 bits per heavy atom. The minimum atomic E-state index is -0.491. The van der Waals surface area contributed by atoms with Crippen molar-refractivity contribution in [2.24, 2.45) is 7.05 Å². The van der Waals surface area contributed by atoms with Crippen molar-refractivity contribution in [2.45, 2.75) is 13.5 Å². The van der Waals surface area contributed by atoms with Crippen LogP contribution in [0.5, 0.6) is 0 Å². The zero-order chi connectivity index (χ0) is 13.8. The van der Waals surface area contributed by atoms with Crippen molar-refractivity contribution in [3.05, 3.63) is 42.0 Å². The summed E-state index contributed by atoms with van der Waals surface area (Å²) < 4.78 is 8.29. The molecule has 0 aromatic carbocycles. The lowest BCUT2D eigenvalue weighted by Gasteiger charge is -2.02. The van der Waals surface area contributed by atoms with Crippen LogP contribution < -0.4 is 0 Å². The van der Waals surface area contributed by atoms with Gasteiger partial charge < -0.3 is 4.74 Å². The summed E-state index contributed by atoms with van der Waals surface area (Å²) in [5.74, 6) is -0.491. The van der Waals surface area contributed by atoms with Gasteiger partial charge in [-0.05, 0) is 6.92 Å². The molecule has 100 valence electrons. The highest BCUT2D eigenvalue weighted by atomic mass is 16.5. The molecular formula is C12H15N5O2. The lowest BCUT2D eigenvalue weighted by atomic mass is 10.3. The normalized spacial score (nSPS) is 10.4. The highest BCUT2D eigenvalue weighted by molar-refractivity contribution is 5.88. The van der Waals surface area contributed by atoms with Crippen LogP contribution in [0.3, 0.4) is 0 Å². The largest absolute Gasteiger partial charge is 0.457 e. The number of esters is 1. The monoisotopic (exact) mass is 261 g/mol. The summed E-state index contributed by atoms with van der Waals surface area (Å²) in [5.41, 5.74) is 1.88. The summed E-state index contributed by atoms with van der Waals surface area (Å²) in [5, 5.41) is 11.9. The van der Waals surface area contributed by atoms with Crippen molar-refractivity contribution < 1.29 is 9.53 Å². The van der Waals surface area contributed by atoms with Gasteiger partial charge in [-0.1, -0.05) is 17.9 Å². The first-order valence-electron chi connectivity index (χ1n) is 5.77. The van der Waals surface area contributed by atoms with E-state index in [4.69, 9.17) is 4.74 Å². The Morgan fingerprint density at radius 2 is 2.37 bits per heavy atom. The molecule has 2 aromatic rings. The maximum absolute atomic E-state index is 11.7. The molecule has 0 bridgehead atoms. The van der Waals surface area contributed by atoms with Gasteiger partial charge in [-0.2, -0.15) is 5.10 Å². The van der Waals surface area contributed by atoms with Gasteiger partial charge in [0.25, 0.3) is 0 Å². The van der Waals surface area contributed by atoms with Gasteiger partial charge in [-0.3, -0.25) is 4.68 Å². The highest BCUT2D eigenvalue weighted by Crippen LogP contribution is 2.08. The number of hydrogen-bond donors (Lipinski definition) is 0. The lowest BCUT2D eigenvalue weighted by molar-refractivity contribution is 0.0542. The molecule has 7 nitrogen and oxygen atoms in total. The van der Waals surface area contributed by atoms with Gasteiger partial charge >= 0.3 is 5.97 Å². The van der Waals surface area contributed by atoms with Crippen LogP contribution in [0.4, 0.5) is 0 Å². The molecular weight excluding hydrogens is 246 g/mol. The van der Waals surface area contributed by atoms with Crippen molar-refractivity contribution in [1.82, 2.24) is 24.8 Å². The number of ether oxygens (including phenoxy) is 1. The number of nitrogens with zero attached hydrogens (tertiary/aromatic N) is 5. The fourth-order valence-corrected chi connectivity index (χ4v) is 1.63. The Bertz CT molecular complexity index is 599. The maximum atomic E-state index is 11.7. The molecule has 2 heterocycles. The fraction of sp³-hybridized carbons (Fsp3) is 0.333. The fourth-order valence-electron chi connectivity index (χ4n) is 1.63. The lowest BCUT2D eigenvalue weighted by Crippen LogP contribution is -2.09. The minimum absolute atomic E-state index is 0.160. The average Bonchev–Trinajstić information content (AvgIpc) is 2.95. The van der Waals surface area contributed by atoms with Crippen LogP contribution in [0.15, 0.2) is 25.0 Å². The van der Waals surface area contributed by atoms with E-state index in [0.717, 1.165) is 5.56 Å². The average molecular weight is 261 g/mol. The number of aromatic nitrogens is 5. The Labute approximate surface area is 110 Å². The Hall–Kier alpha value is -2.44. The third-order valence-corrected chi connectivity index (χ3v) is 2.60.